The van der Waals surface area contributed by atoms with Gasteiger partial charge in [0.05, 0.1) is 7.11 Å². The minimum Gasteiger partial charge on any atom is -0.503 e. The van der Waals surface area contributed by atoms with Crippen molar-refractivity contribution in [3.63, 3.8) is 0 Å². The summed E-state index contributed by atoms with van der Waals surface area (Å²) in [6, 6.07) is 4.59. The fraction of sp³-hybridized carbons (Fsp3) is 0.421. The number of esters is 1. The van der Waals surface area contributed by atoms with E-state index in [0.717, 1.165) is 4.88 Å². The SMILES string of the molecule is COc1ccnc(C(=O)N[C@@H](C)C(=O)O[C@@H](C)[C@@H](C)c2ccc(C)s2)c1O. The van der Waals surface area contributed by atoms with Crippen LogP contribution in [-0.2, 0) is 9.53 Å². The Balaban J connectivity index is 1.98. The van der Waals surface area contributed by atoms with Crippen LogP contribution in [0.4, 0.5) is 0 Å². The lowest BCUT2D eigenvalue weighted by Gasteiger charge is -2.22. The number of aryl methyl sites for hydroxylation is 1. The molecule has 0 fully saturated rings. The predicted octanol–water partition coefficient (Wildman–Crippen LogP) is 3.02. The minimum atomic E-state index is -0.898. The molecule has 2 rings (SSSR count). The van der Waals surface area contributed by atoms with E-state index in [0.29, 0.717) is 0 Å². The number of nitrogens with zero attached hydrogens (tertiary/aromatic N) is 1. The molecule has 2 N–H and O–H groups in total. The number of hydrogen-bond donors (Lipinski definition) is 2. The molecule has 2 heterocycles. The molecule has 0 bridgehead atoms. The van der Waals surface area contributed by atoms with Crippen molar-refractivity contribution in [3.05, 3.63) is 39.8 Å². The van der Waals surface area contributed by atoms with Crippen molar-refractivity contribution in [2.24, 2.45) is 0 Å². The number of amides is 1. The Kier molecular flexibility index (Phi) is 6.79. The van der Waals surface area contributed by atoms with Crippen molar-refractivity contribution < 1.29 is 24.2 Å². The molecular weight excluding hydrogens is 368 g/mol. The number of ether oxygens (including phenoxy) is 2. The van der Waals surface area contributed by atoms with Crippen LogP contribution in [0.2, 0.25) is 0 Å². The minimum absolute atomic E-state index is 0.0413. The van der Waals surface area contributed by atoms with E-state index in [4.69, 9.17) is 9.47 Å². The first-order chi connectivity index (χ1) is 12.7. The summed E-state index contributed by atoms with van der Waals surface area (Å²) in [6.45, 7) is 7.35. The molecule has 2 aromatic heterocycles. The molecule has 146 valence electrons. The van der Waals surface area contributed by atoms with Crippen LogP contribution in [0.5, 0.6) is 11.5 Å². The zero-order valence-electron chi connectivity index (χ0n) is 16.0. The molecule has 0 saturated carbocycles. The summed E-state index contributed by atoms with van der Waals surface area (Å²) >= 11 is 1.66. The largest absolute Gasteiger partial charge is 0.503 e. The Morgan fingerprint density at radius 2 is 1.93 bits per heavy atom. The zero-order valence-corrected chi connectivity index (χ0v) is 16.8. The van der Waals surface area contributed by atoms with Gasteiger partial charge in [0.2, 0.25) is 0 Å². The number of carbonyl (C=O) groups is 2. The highest BCUT2D eigenvalue weighted by molar-refractivity contribution is 7.12. The van der Waals surface area contributed by atoms with Crippen LogP contribution in [0.25, 0.3) is 0 Å². The number of carbonyl (C=O) groups excluding carboxylic acids is 2. The molecule has 27 heavy (non-hydrogen) atoms. The number of hydrogen-bond acceptors (Lipinski definition) is 7. The molecule has 0 aromatic carbocycles. The molecular formula is C19H24N2O5S. The van der Waals surface area contributed by atoms with Crippen molar-refractivity contribution in [1.82, 2.24) is 10.3 Å². The van der Waals surface area contributed by atoms with Crippen molar-refractivity contribution in [3.8, 4) is 11.5 Å². The smallest absolute Gasteiger partial charge is 0.328 e. The zero-order chi connectivity index (χ0) is 20.1. The third-order valence-electron chi connectivity index (χ3n) is 4.24. The molecule has 0 spiro atoms. The van der Waals surface area contributed by atoms with Crippen LogP contribution < -0.4 is 10.1 Å². The van der Waals surface area contributed by atoms with Crippen LogP contribution >= 0.6 is 11.3 Å². The van der Waals surface area contributed by atoms with Crippen LogP contribution in [0.3, 0.4) is 0 Å². The average molecular weight is 392 g/mol. The van der Waals surface area contributed by atoms with E-state index in [1.165, 1.54) is 31.2 Å². The number of nitrogens with one attached hydrogen (secondary N) is 1. The summed E-state index contributed by atoms with van der Waals surface area (Å²) < 4.78 is 10.4. The quantitative estimate of drug-likeness (QED) is 0.703. The lowest BCUT2D eigenvalue weighted by molar-refractivity contribution is -0.150. The topological polar surface area (TPSA) is 97.8 Å². The fourth-order valence-electron chi connectivity index (χ4n) is 2.41. The Labute approximate surface area is 162 Å². The third-order valence-corrected chi connectivity index (χ3v) is 5.44. The lowest BCUT2D eigenvalue weighted by Crippen LogP contribution is -2.41. The van der Waals surface area contributed by atoms with Crippen LogP contribution in [-0.4, -0.2) is 41.2 Å². The number of thiophene rings is 1. The highest BCUT2D eigenvalue weighted by Gasteiger charge is 2.26. The molecule has 1 amide bonds. The molecule has 0 aliphatic carbocycles. The number of methoxy groups -OCH3 is 1. The molecule has 0 aliphatic heterocycles. The van der Waals surface area contributed by atoms with E-state index in [1.807, 2.05) is 32.9 Å². The standard InChI is InChI=1S/C19H24N2O5S/c1-10-6-7-15(27-10)11(2)13(4)26-19(24)12(3)21-18(23)16-17(22)14(25-5)8-9-20-16/h6-9,11-13,22H,1-5H3,(H,21,23)/t11-,12+,13+/m1/s1. The normalized spacial score (nSPS) is 14.1. The van der Waals surface area contributed by atoms with Gasteiger partial charge in [0.1, 0.15) is 12.1 Å². The summed E-state index contributed by atoms with van der Waals surface area (Å²) in [4.78, 5) is 30.8. The van der Waals surface area contributed by atoms with E-state index in [2.05, 4.69) is 10.3 Å². The van der Waals surface area contributed by atoms with E-state index < -0.39 is 17.9 Å². The Morgan fingerprint density at radius 3 is 2.52 bits per heavy atom. The predicted molar refractivity (Wildman–Crippen MR) is 102 cm³/mol. The van der Waals surface area contributed by atoms with Gasteiger partial charge in [-0.15, -0.1) is 11.3 Å². The first-order valence-electron chi connectivity index (χ1n) is 8.54. The van der Waals surface area contributed by atoms with Gasteiger partial charge in [0.15, 0.2) is 17.2 Å². The molecule has 0 radical (unpaired) electrons. The number of aromatic nitrogens is 1. The summed E-state index contributed by atoms with van der Waals surface area (Å²) in [6.07, 6.45) is 0.988. The molecule has 8 heteroatoms. The Hall–Kier alpha value is -2.61. The lowest BCUT2D eigenvalue weighted by atomic mass is 10.0. The van der Waals surface area contributed by atoms with Gasteiger partial charge in [0.25, 0.3) is 5.91 Å². The Bertz CT molecular complexity index is 820. The molecule has 2 aromatic rings. The van der Waals surface area contributed by atoms with Gasteiger partial charge in [-0.2, -0.15) is 0 Å². The highest BCUT2D eigenvalue weighted by atomic mass is 32.1. The van der Waals surface area contributed by atoms with Gasteiger partial charge < -0.3 is 19.9 Å². The first-order valence-corrected chi connectivity index (χ1v) is 9.35. The number of pyridine rings is 1. The molecule has 0 aliphatic rings. The van der Waals surface area contributed by atoms with Crippen molar-refractivity contribution in [2.45, 2.75) is 45.8 Å². The van der Waals surface area contributed by atoms with Crippen LogP contribution in [0.15, 0.2) is 24.4 Å². The maximum absolute atomic E-state index is 12.3. The molecule has 7 nitrogen and oxygen atoms in total. The summed E-state index contributed by atoms with van der Waals surface area (Å²) in [5, 5.41) is 12.5. The van der Waals surface area contributed by atoms with Crippen LogP contribution in [0, 0.1) is 6.92 Å². The monoisotopic (exact) mass is 392 g/mol. The number of aromatic hydroxyl groups is 1. The van der Waals surface area contributed by atoms with E-state index in [-0.39, 0.29) is 29.2 Å². The summed E-state index contributed by atoms with van der Waals surface area (Å²) in [5.41, 5.74) is -0.218. The van der Waals surface area contributed by atoms with Gasteiger partial charge in [-0.05, 0) is 32.9 Å². The first kappa shape index (κ1) is 20.7. The molecule has 3 atom stereocenters. The van der Waals surface area contributed by atoms with E-state index in [1.54, 1.807) is 11.3 Å². The van der Waals surface area contributed by atoms with Crippen molar-refractivity contribution in [2.75, 3.05) is 7.11 Å². The molecule has 0 unspecified atom stereocenters. The van der Waals surface area contributed by atoms with Gasteiger partial charge in [-0.25, -0.2) is 9.78 Å². The molecule has 0 saturated heterocycles. The average Bonchev–Trinajstić information content (AvgIpc) is 3.07. The van der Waals surface area contributed by atoms with Crippen molar-refractivity contribution >= 4 is 23.2 Å². The number of rotatable bonds is 7. The van der Waals surface area contributed by atoms with Crippen LogP contribution in [0.1, 0.15) is 46.9 Å². The summed E-state index contributed by atoms with van der Waals surface area (Å²) in [5.74, 6) is -1.46. The third kappa shape index (κ3) is 4.97. The van der Waals surface area contributed by atoms with E-state index >= 15 is 0 Å². The van der Waals surface area contributed by atoms with Gasteiger partial charge in [-0.3, -0.25) is 4.79 Å². The maximum atomic E-state index is 12.3. The highest BCUT2D eigenvalue weighted by Crippen LogP contribution is 2.29. The second kappa shape index (κ2) is 8.85. The van der Waals surface area contributed by atoms with Gasteiger partial charge in [0, 0.05) is 27.9 Å². The summed E-state index contributed by atoms with van der Waals surface area (Å²) in [7, 11) is 1.37. The van der Waals surface area contributed by atoms with Gasteiger partial charge >= 0.3 is 5.97 Å². The second-order valence-electron chi connectivity index (χ2n) is 6.28. The van der Waals surface area contributed by atoms with Crippen molar-refractivity contribution in [1.29, 1.82) is 0 Å². The maximum Gasteiger partial charge on any atom is 0.328 e. The Morgan fingerprint density at radius 1 is 1.22 bits per heavy atom. The second-order valence-corrected chi connectivity index (χ2v) is 7.60. The van der Waals surface area contributed by atoms with Gasteiger partial charge in [-0.1, -0.05) is 6.92 Å². The van der Waals surface area contributed by atoms with E-state index in [9.17, 15) is 14.7 Å². The fourth-order valence-corrected chi connectivity index (χ4v) is 3.43.